The van der Waals surface area contributed by atoms with Crippen LogP contribution in [0.3, 0.4) is 0 Å². The van der Waals surface area contributed by atoms with Gasteiger partial charge in [0.05, 0.1) is 12.2 Å². The smallest absolute Gasteiger partial charge is 0.0726 e. The van der Waals surface area contributed by atoms with E-state index in [4.69, 9.17) is 4.74 Å². The number of hydrogen-bond acceptors (Lipinski definition) is 2. The second-order valence-corrected chi connectivity index (χ2v) is 7.05. The lowest BCUT2D eigenvalue weighted by molar-refractivity contribution is -0.00527. The molecule has 2 rings (SSSR count). The number of benzene rings is 1. The number of ether oxygens (including phenoxy) is 1. The van der Waals surface area contributed by atoms with Crippen LogP contribution in [0.15, 0.2) is 12.1 Å². The molecule has 0 unspecified atom stereocenters. The lowest BCUT2D eigenvalue weighted by Crippen LogP contribution is -2.46. The van der Waals surface area contributed by atoms with Crippen LogP contribution in [0.5, 0.6) is 0 Å². The number of morpholine rings is 1. The van der Waals surface area contributed by atoms with Crippen LogP contribution in [0.2, 0.25) is 0 Å². The van der Waals surface area contributed by atoms with Crippen molar-refractivity contribution in [2.75, 3.05) is 18.0 Å². The van der Waals surface area contributed by atoms with E-state index >= 15 is 0 Å². The summed E-state index contributed by atoms with van der Waals surface area (Å²) in [5.74, 6) is 0. The fraction of sp³-hybridized carbons (Fsp3) is 0.700. The van der Waals surface area contributed by atoms with Gasteiger partial charge in [-0.15, -0.1) is 0 Å². The molecule has 0 spiro atoms. The number of nitrogens with zero attached hydrogens (tertiary/aromatic N) is 1. The molecule has 2 nitrogen and oxygen atoms in total. The number of rotatable bonds is 6. The van der Waals surface area contributed by atoms with Crippen LogP contribution in [0, 0.1) is 13.8 Å². The molecule has 0 aromatic heterocycles. The Morgan fingerprint density at radius 2 is 1.59 bits per heavy atom. The van der Waals surface area contributed by atoms with E-state index < -0.39 is 0 Å². The fourth-order valence-electron chi connectivity index (χ4n) is 3.81. The van der Waals surface area contributed by atoms with Crippen molar-refractivity contribution in [2.45, 2.75) is 78.9 Å². The van der Waals surface area contributed by atoms with Gasteiger partial charge >= 0.3 is 0 Å². The van der Waals surface area contributed by atoms with Crippen LogP contribution in [0.25, 0.3) is 0 Å². The third-order valence-corrected chi connectivity index (χ3v) is 4.61. The summed E-state index contributed by atoms with van der Waals surface area (Å²) in [6.45, 7) is 13.2. The van der Waals surface area contributed by atoms with Gasteiger partial charge in [-0.25, -0.2) is 0 Å². The largest absolute Gasteiger partial charge is 0.372 e. The van der Waals surface area contributed by atoms with E-state index in [9.17, 15) is 0 Å². The van der Waals surface area contributed by atoms with E-state index in [2.05, 4.69) is 51.7 Å². The summed E-state index contributed by atoms with van der Waals surface area (Å²) in [5.41, 5.74) is 5.78. The minimum atomic E-state index is 0.316. The van der Waals surface area contributed by atoms with Gasteiger partial charge in [-0.3, -0.25) is 0 Å². The standard InChI is InChI=1S/C20H33NO/c1-6-7-8-9-10-19-11-15(2)20(16(3)12-19)21-13-17(4)22-18(5)14-21/h11-12,17-18H,6-10,13-14H2,1-5H3/t17-,18+. The van der Waals surface area contributed by atoms with Crippen LogP contribution in [-0.2, 0) is 11.2 Å². The van der Waals surface area contributed by atoms with Crippen molar-refractivity contribution < 1.29 is 4.74 Å². The highest BCUT2D eigenvalue weighted by molar-refractivity contribution is 5.60. The monoisotopic (exact) mass is 303 g/mol. The Kier molecular flexibility index (Phi) is 6.31. The highest BCUT2D eigenvalue weighted by Crippen LogP contribution is 2.29. The van der Waals surface area contributed by atoms with Gasteiger partial charge in [-0.05, 0) is 57.2 Å². The summed E-state index contributed by atoms with van der Waals surface area (Å²) >= 11 is 0. The molecule has 0 aliphatic carbocycles. The molecular formula is C20H33NO. The summed E-state index contributed by atoms with van der Waals surface area (Å²) in [6, 6.07) is 4.80. The molecule has 0 amide bonds. The Labute approximate surface area is 136 Å². The quantitative estimate of drug-likeness (QED) is 0.683. The molecule has 124 valence electrons. The van der Waals surface area contributed by atoms with Crippen LogP contribution < -0.4 is 4.90 Å². The summed E-state index contributed by atoms with van der Waals surface area (Å²) in [5, 5.41) is 0. The molecule has 2 atom stereocenters. The zero-order valence-electron chi connectivity index (χ0n) is 15.1. The van der Waals surface area contributed by atoms with Gasteiger partial charge in [0.25, 0.3) is 0 Å². The summed E-state index contributed by atoms with van der Waals surface area (Å²) in [7, 11) is 0. The van der Waals surface area contributed by atoms with Crippen molar-refractivity contribution in [1.82, 2.24) is 0 Å². The predicted molar refractivity (Wildman–Crippen MR) is 96.0 cm³/mol. The molecule has 0 radical (unpaired) electrons. The van der Waals surface area contributed by atoms with Gasteiger partial charge in [0.1, 0.15) is 0 Å². The maximum Gasteiger partial charge on any atom is 0.0726 e. The Morgan fingerprint density at radius 1 is 1.00 bits per heavy atom. The molecule has 0 N–H and O–H groups in total. The first-order chi connectivity index (χ1) is 10.5. The Morgan fingerprint density at radius 3 is 2.14 bits per heavy atom. The molecule has 1 aliphatic rings. The molecule has 2 heteroatoms. The average molecular weight is 303 g/mol. The molecule has 0 saturated carbocycles. The molecule has 1 aromatic carbocycles. The van der Waals surface area contributed by atoms with Crippen molar-refractivity contribution >= 4 is 5.69 Å². The zero-order chi connectivity index (χ0) is 16.1. The van der Waals surface area contributed by atoms with E-state index in [1.807, 2.05) is 0 Å². The van der Waals surface area contributed by atoms with Crippen LogP contribution in [0.1, 0.15) is 63.1 Å². The van der Waals surface area contributed by atoms with E-state index in [1.165, 1.54) is 54.5 Å². The normalized spacial score (nSPS) is 22.1. The molecule has 1 heterocycles. The summed E-state index contributed by atoms with van der Waals surface area (Å²) < 4.78 is 5.88. The fourth-order valence-corrected chi connectivity index (χ4v) is 3.81. The first-order valence-corrected chi connectivity index (χ1v) is 9.01. The first-order valence-electron chi connectivity index (χ1n) is 9.01. The minimum absolute atomic E-state index is 0.316. The van der Waals surface area contributed by atoms with Crippen molar-refractivity contribution in [3.63, 3.8) is 0 Å². The van der Waals surface area contributed by atoms with E-state index in [0.29, 0.717) is 12.2 Å². The van der Waals surface area contributed by atoms with Gasteiger partial charge in [0, 0.05) is 18.8 Å². The molecule has 0 bridgehead atoms. The van der Waals surface area contributed by atoms with Crippen LogP contribution >= 0.6 is 0 Å². The molecule has 1 fully saturated rings. The lowest BCUT2D eigenvalue weighted by atomic mass is 9.98. The van der Waals surface area contributed by atoms with E-state index in [-0.39, 0.29) is 0 Å². The van der Waals surface area contributed by atoms with Gasteiger partial charge in [0.15, 0.2) is 0 Å². The summed E-state index contributed by atoms with van der Waals surface area (Å²) in [4.78, 5) is 2.52. The highest BCUT2D eigenvalue weighted by Gasteiger charge is 2.24. The van der Waals surface area contributed by atoms with Crippen LogP contribution in [0.4, 0.5) is 5.69 Å². The topological polar surface area (TPSA) is 12.5 Å². The van der Waals surface area contributed by atoms with Gasteiger partial charge in [-0.1, -0.05) is 38.3 Å². The lowest BCUT2D eigenvalue weighted by Gasteiger charge is -2.38. The van der Waals surface area contributed by atoms with Crippen molar-refractivity contribution in [3.8, 4) is 0 Å². The summed E-state index contributed by atoms with van der Waals surface area (Å²) in [6.07, 6.45) is 7.20. The number of anilines is 1. The van der Waals surface area contributed by atoms with Crippen molar-refractivity contribution in [2.24, 2.45) is 0 Å². The van der Waals surface area contributed by atoms with E-state index in [0.717, 1.165) is 13.1 Å². The van der Waals surface area contributed by atoms with Gasteiger partial charge in [-0.2, -0.15) is 0 Å². The third-order valence-electron chi connectivity index (χ3n) is 4.61. The molecule has 22 heavy (non-hydrogen) atoms. The number of aryl methyl sites for hydroxylation is 3. The predicted octanol–water partition coefficient (Wildman–Crippen LogP) is 5.04. The first kappa shape index (κ1) is 17.3. The highest BCUT2D eigenvalue weighted by atomic mass is 16.5. The Bertz CT molecular complexity index is 450. The Balaban J connectivity index is 2.09. The maximum atomic E-state index is 5.88. The third kappa shape index (κ3) is 4.49. The number of unbranched alkanes of at least 4 members (excludes halogenated alkanes) is 3. The van der Waals surface area contributed by atoms with Gasteiger partial charge < -0.3 is 9.64 Å². The van der Waals surface area contributed by atoms with Crippen LogP contribution in [-0.4, -0.2) is 25.3 Å². The number of hydrogen-bond donors (Lipinski definition) is 0. The minimum Gasteiger partial charge on any atom is -0.372 e. The SMILES string of the molecule is CCCCCCc1cc(C)c(N2C[C@@H](C)O[C@@H](C)C2)c(C)c1. The van der Waals surface area contributed by atoms with Crippen molar-refractivity contribution in [3.05, 3.63) is 28.8 Å². The molecule has 1 saturated heterocycles. The second kappa shape index (κ2) is 8.01. The Hall–Kier alpha value is -1.02. The molecular weight excluding hydrogens is 270 g/mol. The molecule has 1 aliphatic heterocycles. The van der Waals surface area contributed by atoms with Gasteiger partial charge in [0.2, 0.25) is 0 Å². The maximum absolute atomic E-state index is 5.88. The molecule has 1 aromatic rings. The second-order valence-electron chi connectivity index (χ2n) is 7.05. The zero-order valence-corrected chi connectivity index (χ0v) is 15.1. The van der Waals surface area contributed by atoms with Crippen molar-refractivity contribution in [1.29, 1.82) is 0 Å². The van der Waals surface area contributed by atoms with E-state index in [1.54, 1.807) is 0 Å². The average Bonchev–Trinajstić information content (AvgIpc) is 2.42.